The fourth-order valence-electron chi connectivity index (χ4n) is 1.75. The van der Waals surface area contributed by atoms with Gasteiger partial charge in [-0.2, -0.15) is 0 Å². The molecule has 1 atom stereocenters. The molecule has 1 aromatic rings. The highest BCUT2D eigenvalue weighted by Gasteiger charge is 2.08. The van der Waals surface area contributed by atoms with Gasteiger partial charge in [0.05, 0.1) is 7.11 Å². The lowest BCUT2D eigenvalue weighted by Gasteiger charge is -2.15. The number of benzene rings is 1. The van der Waals surface area contributed by atoms with Crippen LogP contribution in [0.1, 0.15) is 18.9 Å². The van der Waals surface area contributed by atoms with Crippen molar-refractivity contribution in [3.63, 3.8) is 0 Å². The van der Waals surface area contributed by atoms with Crippen LogP contribution in [0.4, 0.5) is 0 Å². The van der Waals surface area contributed by atoms with Crippen LogP contribution < -0.4 is 15.2 Å². The van der Waals surface area contributed by atoms with Crippen LogP contribution in [0.3, 0.4) is 0 Å². The van der Waals surface area contributed by atoms with Gasteiger partial charge < -0.3 is 20.1 Å². The number of hydrogen-bond acceptors (Lipinski definition) is 4. The predicted octanol–water partition coefficient (Wildman–Crippen LogP) is 1.92. The van der Waals surface area contributed by atoms with Crippen molar-refractivity contribution in [2.75, 3.05) is 34.4 Å². The fourth-order valence-corrected chi connectivity index (χ4v) is 1.75. The molecule has 0 saturated carbocycles. The fraction of sp³-hybridized carbons (Fsp3) is 0.600. The van der Waals surface area contributed by atoms with Crippen LogP contribution in [-0.2, 0) is 6.42 Å². The minimum Gasteiger partial charge on any atom is -0.493 e. The van der Waals surface area contributed by atoms with Crippen LogP contribution in [0.15, 0.2) is 18.2 Å². The Kier molecular flexibility index (Phi) is 6.67. The van der Waals surface area contributed by atoms with E-state index in [0.717, 1.165) is 30.9 Å². The maximum absolute atomic E-state index is 5.99. The largest absolute Gasteiger partial charge is 0.493 e. The molecule has 4 nitrogen and oxygen atoms in total. The van der Waals surface area contributed by atoms with Crippen molar-refractivity contribution in [3.05, 3.63) is 23.8 Å². The lowest BCUT2D eigenvalue weighted by Crippen LogP contribution is -2.21. The molecule has 0 spiro atoms. The quantitative estimate of drug-likeness (QED) is 0.781. The first-order chi connectivity index (χ1) is 9.06. The van der Waals surface area contributed by atoms with Crippen LogP contribution in [0, 0.1) is 0 Å². The molecule has 0 radical (unpaired) electrons. The second-order valence-electron chi connectivity index (χ2n) is 5.01. The van der Waals surface area contributed by atoms with Gasteiger partial charge in [0.2, 0.25) is 0 Å². The summed E-state index contributed by atoms with van der Waals surface area (Å²) in [4.78, 5) is 2.09. The molecule has 2 N–H and O–H groups in total. The molecule has 108 valence electrons. The second-order valence-corrected chi connectivity index (χ2v) is 5.01. The van der Waals surface area contributed by atoms with Crippen molar-refractivity contribution < 1.29 is 9.47 Å². The summed E-state index contributed by atoms with van der Waals surface area (Å²) in [5.41, 5.74) is 7.18. The van der Waals surface area contributed by atoms with Crippen molar-refractivity contribution in [1.82, 2.24) is 4.90 Å². The number of nitrogens with two attached hydrogens (primary N) is 1. The van der Waals surface area contributed by atoms with Crippen molar-refractivity contribution in [2.45, 2.75) is 25.8 Å². The summed E-state index contributed by atoms with van der Waals surface area (Å²) in [6.45, 7) is 3.62. The van der Waals surface area contributed by atoms with Crippen LogP contribution in [0.5, 0.6) is 11.5 Å². The standard InChI is InChI=1S/C15H26N2O2/c1-5-13(16)10-12-6-7-14(18-4)15(11-12)19-9-8-17(2)3/h6-7,11,13H,5,8-10,16H2,1-4H3. The molecule has 0 aliphatic heterocycles. The molecular weight excluding hydrogens is 240 g/mol. The summed E-state index contributed by atoms with van der Waals surface area (Å²) in [5, 5.41) is 0. The van der Waals surface area contributed by atoms with E-state index in [9.17, 15) is 0 Å². The van der Waals surface area contributed by atoms with Crippen LogP contribution in [0.2, 0.25) is 0 Å². The van der Waals surface area contributed by atoms with E-state index < -0.39 is 0 Å². The van der Waals surface area contributed by atoms with Gasteiger partial charge in [0.25, 0.3) is 0 Å². The predicted molar refractivity (Wildman–Crippen MR) is 79.0 cm³/mol. The number of hydrogen-bond donors (Lipinski definition) is 1. The Morgan fingerprint density at radius 1 is 1.26 bits per heavy atom. The zero-order chi connectivity index (χ0) is 14.3. The molecule has 0 bridgehead atoms. The summed E-state index contributed by atoms with van der Waals surface area (Å²) < 4.78 is 11.1. The number of likely N-dealkylation sites (N-methyl/N-ethyl adjacent to an activating group) is 1. The smallest absolute Gasteiger partial charge is 0.161 e. The Bertz CT molecular complexity index is 380. The Hall–Kier alpha value is -1.26. The minimum atomic E-state index is 0.197. The van der Waals surface area contributed by atoms with E-state index in [2.05, 4.69) is 11.8 Å². The average Bonchev–Trinajstić information content (AvgIpc) is 2.38. The van der Waals surface area contributed by atoms with E-state index in [1.54, 1.807) is 7.11 Å². The lowest BCUT2D eigenvalue weighted by molar-refractivity contribution is 0.250. The lowest BCUT2D eigenvalue weighted by atomic mass is 10.0. The van der Waals surface area contributed by atoms with E-state index >= 15 is 0 Å². The van der Waals surface area contributed by atoms with Gasteiger partial charge in [0.1, 0.15) is 6.61 Å². The van der Waals surface area contributed by atoms with E-state index in [1.807, 2.05) is 32.3 Å². The van der Waals surface area contributed by atoms with Crippen LogP contribution in [0.25, 0.3) is 0 Å². The molecular formula is C15H26N2O2. The van der Waals surface area contributed by atoms with Crippen molar-refractivity contribution in [3.8, 4) is 11.5 Å². The molecule has 0 fully saturated rings. The highest BCUT2D eigenvalue weighted by molar-refractivity contribution is 5.43. The van der Waals surface area contributed by atoms with Gasteiger partial charge in [-0.15, -0.1) is 0 Å². The van der Waals surface area contributed by atoms with Gasteiger partial charge in [-0.25, -0.2) is 0 Å². The SMILES string of the molecule is CCC(N)Cc1ccc(OC)c(OCCN(C)C)c1. The minimum absolute atomic E-state index is 0.197. The molecule has 19 heavy (non-hydrogen) atoms. The normalized spacial score (nSPS) is 12.5. The maximum Gasteiger partial charge on any atom is 0.161 e. The Labute approximate surface area is 116 Å². The Balaban J connectivity index is 2.72. The third-order valence-electron chi connectivity index (χ3n) is 3.05. The highest BCUT2D eigenvalue weighted by Crippen LogP contribution is 2.28. The van der Waals surface area contributed by atoms with E-state index in [1.165, 1.54) is 5.56 Å². The van der Waals surface area contributed by atoms with Gasteiger partial charge in [0.15, 0.2) is 11.5 Å². The number of methoxy groups -OCH3 is 1. The highest BCUT2D eigenvalue weighted by atomic mass is 16.5. The molecule has 0 saturated heterocycles. The molecule has 0 amide bonds. The van der Waals surface area contributed by atoms with Crippen molar-refractivity contribution >= 4 is 0 Å². The van der Waals surface area contributed by atoms with E-state index in [0.29, 0.717) is 6.61 Å². The first-order valence-corrected chi connectivity index (χ1v) is 6.76. The summed E-state index contributed by atoms with van der Waals surface area (Å²) in [5.74, 6) is 1.57. The van der Waals surface area contributed by atoms with E-state index in [4.69, 9.17) is 15.2 Å². The first-order valence-electron chi connectivity index (χ1n) is 6.76. The van der Waals surface area contributed by atoms with Gasteiger partial charge in [0, 0.05) is 12.6 Å². The molecule has 4 heteroatoms. The monoisotopic (exact) mass is 266 g/mol. The number of ether oxygens (including phenoxy) is 2. The number of rotatable bonds is 8. The molecule has 0 heterocycles. The molecule has 0 aromatic heterocycles. The van der Waals surface area contributed by atoms with Gasteiger partial charge in [-0.05, 0) is 44.6 Å². The zero-order valence-electron chi connectivity index (χ0n) is 12.5. The van der Waals surface area contributed by atoms with Crippen LogP contribution >= 0.6 is 0 Å². The first kappa shape index (κ1) is 15.8. The summed E-state index contributed by atoms with van der Waals surface area (Å²) in [6.07, 6.45) is 1.84. The van der Waals surface area contributed by atoms with E-state index in [-0.39, 0.29) is 6.04 Å². The number of nitrogens with zero attached hydrogens (tertiary/aromatic N) is 1. The van der Waals surface area contributed by atoms with Gasteiger partial charge in [-0.1, -0.05) is 13.0 Å². The average molecular weight is 266 g/mol. The van der Waals surface area contributed by atoms with Gasteiger partial charge >= 0.3 is 0 Å². The molecule has 1 rings (SSSR count). The third-order valence-corrected chi connectivity index (χ3v) is 3.05. The Morgan fingerprint density at radius 2 is 2.00 bits per heavy atom. The molecule has 1 unspecified atom stereocenters. The van der Waals surface area contributed by atoms with Crippen LogP contribution in [-0.4, -0.2) is 45.3 Å². The molecule has 0 aliphatic rings. The van der Waals surface area contributed by atoms with Crippen molar-refractivity contribution in [1.29, 1.82) is 0 Å². The molecule has 1 aromatic carbocycles. The van der Waals surface area contributed by atoms with Crippen molar-refractivity contribution in [2.24, 2.45) is 5.73 Å². The summed E-state index contributed by atoms with van der Waals surface area (Å²) in [6, 6.07) is 6.22. The topological polar surface area (TPSA) is 47.7 Å². The summed E-state index contributed by atoms with van der Waals surface area (Å²) in [7, 11) is 5.71. The maximum atomic E-state index is 5.99. The van der Waals surface area contributed by atoms with Gasteiger partial charge in [-0.3, -0.25) is 0 Å². The molecule has 0 aliphatic carbocycles. The zero-order valence-corrected chi connectivity index (χ0v) is 12.5. The Morgan fingerprint density at radius 3 is 2.58 bits per heavy atom. The third kappa shape index (κ3) is 5.49. The summed E-state index contributed by atoms with van der Waals surface area (Å²) >= 11 is 0. The second kappa shape index (κ2) is 8.02.